The highest BCUT2D eigenvalue weighted by Crippen LogP contribution is 2.54. The Morgan fingerprint density at radius 2 is 1.01 bits per heavy atom. The van der Waals surface area contributed by atoms with Crippen LogP contribution in [-0.2, 0) is 29.1 Å². The molecule has 0 fully saturated rings. The predicted molar refractivity (Wildman–Crippen MR) is 291 cm³/mol. The molecule has 0 saturated carbocycles. The van der Waals surface area contributed by atoms with E-state index in [1.54, 1.807) is 14.2 Å². The van der Waals surface area contributed by atoms with Crippen molar-refractivity contribution in [3.05, 3.63) is 165 Å². The van der Waals surface area contributed by atoms with Crippen LogP contribution in [0, 0.1) is 6.92 Å². The van der Waals surface area contributed by atoms with Gasteiger partial charge < -0.3 is 33.7 Å². The summed E-state index contributed by atoms with van der Waals surface area (Å²) in [7, 11) is 3.42. The maximum Gasteiger partial charge on any atom is 0.407 e. The number of benzene rings is 5. The number of fused-ring (bicyclic) bond motifs is 3. The molecule has 8 heteroatoms. The van der Waals surface area contributed by atoms with Crippen LogP contribution in [0.5, 0.6) is 5.75 Å². The number of aryl methyl sites for hydroxylation is 1. The number of amides is 1. The molecule has 0 spiro atoms. The van der Waals surface area contributed by atoms with Crippen LogP contribution in [0.2, 0.25) is 0 Å². The molecule has 70 heavy (non-hydrogen) atoms. The first kappa shape index (κ1) is 53.3. The van der Waals surface area contributed by atoms with Crippen molar-refractivity contribution in [2.24, 2.45) is 0 Å². The molecule has 6 rings (SSSR count). The molecule has 1 aliphatic carbocycles. The van der Waals surface area contributed by atoms with E-state index in [-0.39, 0.29) is 5.41 Å². The van der Waals surface area contributed by atoms with E-state index < -0.39 is 11.7 Å². The second-order valence-corrected chi connectivity index (χ2v) is 19.0. The lowest BCUT2D eigenvalue weighted by Gasteiger charge is -2.33. The van der Waals surface area contributed by atoms with Gasteiger partial charge in [0.2, 0.25) is 0 Å². The highest BCUT2D eigenvalue weighted by molar-refractivity contribution is 5.84. The van der Waals surface area contributed by atoms with Gasteiger partial charge in [-0.3, -0.25) is 0 Å². The smallest absolute Gasteiger partial charge is 0.407 e. The maximum absolute atomic E-state index is 12.1. The van der Waals surface area contributed by atoms with Gasteiger partial charge in [-0.1, -0.05) is 139 Å². The third kappa shape index (κ3) is 16.6. The summed E-state index contributed by atoms with van der Waals surface area (Å²) in [5.41, 5.74) is 13.9. The van der Waals surface area contributed by atoms with Gasteiger partial charge in [0.15, 0.2) is 0 Å². The highest BCUT2D eigenvalue weighted by Gasteiger charge is 2.42. The average molecular weight is 946 g/mol. The van der Waals surface area contributed by atoms with Crippen LogP contribution in [-0.4, -0.2) is 78.7 Å². The minimum Gasteiger partial charge on any atom is -0.494 e. The number of ether oxygens (including phenoxy) is 6. The van der Waals surface area contributed by atoms with E-state index in [9.17, 15) is 4.79 Å². The number of hydrogen-bond acceptors (Lipinski definition) is 7. The summed E-state index contributed by atoms with van der Waals surface area (Å²) in [5, 5.41) is 2.83. The van der Waals surface area contributed by atoms with Crippen molar-refractivity contribution in [1.29, 1.82) is 0 Å². The topological polar surface area (TPSA) is 84.5 Å². The summed E-state index contributed by atoms with van der Waals surface area (Å²) < 4.78 is 34.1. The summed E-state index contributed by atoms with van der Waals surface area (Å²) in [4.78, 5) is 12.1. The monoisotopic (exact) mass is 946 g/mol. The Labute approximate surface area is 418 Å². The molecule has 5 aromatic rings. The lowest BCUT2D eigenvalue weighted by Crippen LogP contribution is -2.33. The molecule has 0 aromatic heterocycles. The molecule has 1 aliphatic rings. The van der Waals surface area contributed by atoms with Crippen molar-refractivity contribution in [1.82, 2.24) is 5.32 Å². The second-order valence-electron chi connectivity index (χ2n) is 19.0. The Kier molecular flexibility index (Phi) is 20.9. The lowest BCUT2D eigenvalue weighted by molar-refractivity contribution is 0.0526. The Bertz CT molecular complexity index is 2510. The van der Waals surface area contributed by atoms with Crippen molar-refractivity contribution in [2.45, 2.75) is 84.2 Å². The van der Waals surface area contributed by atoms with Crippen LogP contribution in [0.4, 0.5) is 4.79 Å². The van der Waals surface area contributed by atoms with Crippen LogP contribution in [0.1, 0.15) is 122 Å². The van der Waals surface area contributed by atoms with Gasteiger partial charge in [0.1, 0.15) is 11.4 Å². The Morgan fingerprint density at radius 1 is 0.529 bits per heavy atom. The number of alkyl carbamates (subject to hydrolysis) is 1. The van der Waals surface area contributed by atoms with Crippen molar-refractivity contribution in [3.63, 3.8) is 0 Å². The summed E-state index contributed by atoms with van der Waals surface area (Å²) in [6.45, 7) is 14.7. The molecule has 370 valence electrons. The number of carbonyl (C=O) groups is 1. The van der Waals surface area contributed by atoms with Gasteiger partial charge in [-0.2, -0.15) is 0 Å². The first-order valence-corrected chi connectivity index (χ1v) is 25.0. The van der Waals surface area contributed by atoms with E-state index in [0.717, 1.165) is 72.1 Å². The van der Waals surface area contributed by atoms with E-state index in [2.05, 4.69) is 158 Å². The van der Waals surface area contributed by atoms with Crippen molar-refractivity contribution < 1.29 is 33.2 Å². The summed E-state index contributed by atoms with van der Waals surface area (Å²) in [6, 6.07) is 37.4. The molecule has 0 bridgehead atoms. The number of allylic oxidation sites excluding steroid dienone is 1. The van der Waals surface area contributed by atoms with Crippen LogP contribution >= 0.6 is 0 Å². The number of nitrogens with one attached hydrogen (secondary N) is 1. The van der Waals surface area contributed by atoms with Crippen LogP contribution in [0.25, 0.3) is 53.7 Å². The fourth-order valence-corrected chi connectivity index (χ4v) is 8.88. The predicted octanol–water partition coefficient (Wildman–Crippen LogP) is 14.4. The molecule has 0 saturated heterocycles. The minimum absolute atomic E-state index is 0.146. The zero-order valence-corrected chi connectivity index (χ0v) is 42.7. The molecular formula is C62H75NO7. The van der Waals surface area contributed by atoms with Crippen molar-refractivity contribution >= 4 is 48.6 Å². The SMILES string of the molecule is C/C=C/c1ccc(/C=C/c2cc(/C=C/c3ccc(/C=C/c4ccc5c(c4)C(CCCOCCOC)(CCCOCCOC)c4cc(C)ccc4-5)cc3)cc(OCCCCNC(=O)OC(C)(C)C)c2)cc1. The Balaban J connectivity index is 1.16. The summed E-state index contributed by atoms with van der Waals surface area (Å²) >= 11 is 0. The van der Waals surface area contributed by atoms with E-state index in [1.165, 1.54) is 38.9 Å². The third-order valence-corrected chi connectivity index (χ3v) is 12.3. The fourth-order valence-electron chi connectivity index (χ4n) is 8.88. The number of unbranched alkanes of at least 4 members (excludes halogenated alkanes) is 1. The van der Waals surface area contributed by atoms with Gasteiger partial charge >= 0.3 is 6.09 Å². The Hall–Kier alpha value is -6.03. The van der Waals surface area contributed by atoms with Gasteiger partial charge in [-0.05, 0) is 153 Å². The first-order valence-electron chi connectivity index (χ1n) is 25.0. The summed E-state index contributed by atoms with van der Waals surface area (Å²) in [5.74, 6) is 0.799. The van der Waals surface area contributed by atoms with E-state index in [1.807, 2.05) is 33.8 Å². The van der Waals surface area contributed by atoms with E-state index in [0.29, 0.717) is 52.8 Å². The van der Waals surface area contributed by atoms with Crippen LogP contribution in [0.3, 0.4) is 0 Å². The van der Waals surface area contributed by atoms with Gasteiger partial charge in [0.05, 0.1) is 33.0 Å². The van der Waals surface area contributed by atoms with Crippen molar-refractivity contribution in [2.75, 3.05) is 67.0 Å². The molecular weight excluding hydrogens is 871 g/mol. The normalized spacial score (nSPS) is 13.2. The number of methoxy groups -OCH3 is 2. The zero-order chi connectivity index (χ0) is 49.6. The summed E-state index contributed by atoms with van der Waals surface area (Å²) in [6.07, 6.45) is 22.2. The molecule has 1 N–H and O–H groups in total. The molecule has 0 aliphatic heterocycles. The largest absolute Gasteiger partial charge is 0.494 e. The lowest BCUT2D eigenvalue weighted by atomic mass is 9.71. The minimum atomic E-state index is -0.522. The van der Waals surface area contributed by atoms with Crippen LogP contribution in [0.15, 0.2) is 109 Å². The average Bonchev–Trinajstić information content (AvgIpc) is 3.60. The molecule has 0 unspecified atom stereocenters. The Morgan fingerprint density at radius 3 is 1.54 bits per heavy atom. The quantitative estimate of drug-likeness (QED) is 0.0415. The van der Waals surface area contributed by atoms with Gasteiger partial charge in [0.25, 0.3) is 0 Å². The first-order chi connectivity index (χ1) is 34.0. The standard InChI is InChI=1S/C62H75NO7/c1-8-13-48-15-17-50(18-16-48)24-27-53-43-54(45-55(44-53)69-37-10-9-34-63-60(64)70-61(3,4)5)28-25-51-21-19-49(20-22-51)23-26-52-29-31-57-56-30-14-47(2)42-58(56)62(59(57)46-52,32-11-35-67-40-38-65-6)33-12-36-68-41-39-66-7/h8,13-31,42-46H,9-12,32-41H2,1-7H3,(H,63,64)/b13-8+,26-23+,27-24+,28-25+. The number of rotatable bonds is 27. The third-order valence-electron chi connectivity index (χ3n) is 12.3. The molecule has 0 atom stereocenters. The number of hydrogen-bond donors (Lipinski definition) is 1. The zero-order valence-electron chi connectivity index (χ0n) is 42.7. The highest BCUT2D eigenvalue weighted by atomic mass is 16.6. The van der Waals surface area contributed by atoms with E-state index >= 15 is 0 Å². The molecule has 5 aromatic carbocycles. The number of carbonyl (C=O) groups excluding carboxylic acids is 1. The molecule has 0 radical (unpaired) electrons. The van der Waals surface area contributed by atoms with Gasteiger partial charge in [0, 0.05) is 39.4 Å². The van der Waals surface area contributed by atoms with Gasteiger partial charge in [-0.25, -0.2) is 4.79 Å². The fraction of sp³-hybridized carbons (Fsp3) is 0.371. The van der Waals surface area contributed by atoms with Gasteiger partial charge in [-0.15, -0.1) is 0 Å². The van der Waals surface area contributed by atoms with Crippen molar-refractivity contribution in [3.8, 4) is 16.9 Å². The second kappa shape index (κ2) is 27.4. The maximum atomic E-state index is 12.1. The molecule has 1 amide bonds. The molecule has 0 heterocycles. The van der Waals surface area contributed by atoms with Crippen LogP contribution < -0.4 is 10.1 Å². The van der Waals surface area contributed by atoms with E-state index in [4.69, 9.17) is 28.4 Å². The molecule has 8 nitrogen and oxygen atoms in total.